The monoisotopic (exact) mass is 233 g/mol. The third-order valence-electron chi connectivity index (χ3n) is 2.70. The smallest absolute Gasteiger partial charge is 0.280 e. The van der Waals surface area contributed by atoms with E-state index in [1.807, 2.05) is 23.9 Å². The summed E-state index contributed by atoms with van der Waals surface area (Å²) in [6.07, 6.45) is 2.67. The quantitative estimate of drug-likeness (QED) is 0.690. The molecular formula is C11H11N3OS. The molecule has 0 unspecified atom stereocenters. The summed E-state index contributed by atoms with van der Waals surface area (Å²) in [6, 6.07) is 3.66. The number of fused-ring (bicyclic) bond motifs is 2. The molecular weight excluding hydrogens is 222 g/mol. The number of hydrogen-bond acceptors (Lipinski definition) is 4. The maximum atomic E-state index is 12.2. The summed E-state index contributed by atoms with van der Waals surface area (Å²) in [5.74, 6) is 2.79. The van der Waals surface area contributed by atoms with Gasteiger partial charge in [0.25, 0.3) is 5.56 Å². The van der Waals surface area contributed by atoms with Gasteiger partial charge in [-0.05, 0) is 24.3 Å². The van der Waals surface area contributed by atoms with Crippen LogP contribution in [0.3, 0.4) is 0 Å². The van der Waals surface area contributed by atoms with Gasteiger partial charge in [0.1, 0.15) is 5.82 Å². The summed E-state index contributed by atoms with van der Waals surface area (Å²) in [5, 5.41) is 0. The van der Waals surface area contributed by atoms with Gasteiger partial charge in [-0.2, -0.15) is 11.8 Å². The molecule has 0 aliphatic carbocycles. The molecule has 2 aromatic heterocycles. The van der Waals surface area contributed by atoms with E-state index in [4.69, 9.17) is 0 Å². The van der Waals surface area contributed by atoms with E-state index in [1.54, 1.807) is 10.8 Å². The van der Waals surface area contributed by atoms with E-state index >= 15 is 0 Å². The highest BCUT2D eigenvalue weighted by Crippen LogP contribution is 2.17. The maximum absolute atomic E-state index is 12.2. The number of rotatable bonds is 0. The molecule has 0 atom stereocenters. The van der Waals surface area contributed by atoms with Crippen molar-refractivity contribution >= 4 is 22.8 Å². The normalized spacial score (nSPS) is 15.8. The van der Waals surface area contributed by atoms with Crippen LogP contribution in [0.4, 0.5) is 0 Å². The number of hydrogen-bond donors (Lipinski definition) is 0. The van der Waals surface area contributed by atoms with Crippen LogP contribution in [0.5, 0.6) is 0 Å². The third kappa shape index (κ3) is 1.51. The highest BCUT2D eigenvalue weighted by atomic mass is 32.2. The van der Waals surface area contributed by atoms with Gasteiger partial charge in [-0.25, -0.2) is 9.97 Å². The first-order valence-electron chi connectivity index (χ1n) is 5.28. The molecule has 0 bridgehead atoms. The molecule has 0 N–H and O–H groups in total. The summed E-state index contributed by atoms with van der Waals surface area (Å²) < 4.78 is 1.77. The lowest BCUT2D eigenvalue weighted by Crippen LogP contribution is -2.25. The predicted octanol–water partition coefficient (Wildman–Crippen LogP) is 1.43. The van der Waals surface area contributed by atoms with E-state index in [0.29, 0.717) is 11.0 Å². The van der Waals surface area contributed by atoms with Gasteiger partial charge >= 0.3 is 0 Å². The van der Waals surface area contributed by atoms with Crippen LogP contribution in [-0.2, 0) is 12.3 Å². The van der Waals surface area contributed by atoms with Gasteiger partial charge in [-0.1, -0.05) is 0 Å². The van der Waals surface area contributed by atoms with Crippen molar-refractivity contribution in [2.45, 2.75) is 18.7 Å². The topological polar surface area (TPSA) is 47.8 Å². The summed E-state index contributed by atoms with van der Waals surface area (Å²) in [5.41, 5.74) is 1.20. The van der Waals surface area contributed by atoms with Crippen LogP contribution < -0.4 is 5.56 Å². The Morgan fingerprint density at radius 2 is 2.38 bits per heavy atom. The van der Waals surface area contributed by atoms with Crippen molar-refractivity contribution < 1.29 is 0 Å². The Labute approximate surface area is 96.7 Å². The first-order valence-corrected chi connectivity index (χ1v) is 6.44. The molecule has 2 aromatic rings. The predicted molar refractivity (Wildman–Crippen MR) is 64.6 cm³/mol. The van der Waals surface area contributed by atoms with Crippen molar-refractivity contribution in [1.82, 2.24) is 14.5 Å². The van der Waals surface area contributed by atoms with E-state index < -0.39 is 0 Å². The minimum Gasteiger partial charge on any atom is -0.294 e. The zero-order valence-corrected chi connectivity index (χ0v) is 9.54. The van der Waals surface area contributed by atoms with Crippen LogP contribution in [0.15, 0.2) is 23.1 Å². The Bertz CT molecular complexity index is 593. The largest absolute Gasteiger partial charge is 0.294 e. The molecule has 0 fully saturated rings. The fraction of sp³-hybridized carbons (Fsp3) is 0.364. The molecule has 0 amide bonds. The minimum absolute atomic E-state index is 0.00287. The van der Waals surface area contributed by atoms with Gasteiger partial charge in [-0.15, -0.1) is 0 Å². The average Bonchev–Trinajstić information content (AvgIpc) is 2.55. The van der Waals surface area contributed by atoms with Crippen molar-refractivity contribution in [1.29, 1.82) is 0 Å². The van der Waals surface area contributed by atoms with Crippen molar-refractivity contribution in [3.63, 3.8) is 0 Å². The van der Waals surface area contributed by atoms with Crippen LogP contribution in [-0.4, -0.2) is 20.3 Å². The molecule has 4 nitrogen and oxygen atoms in total. The molecule has 0 saturated carbocycles. The lowest BCUT2D eigenvalue weighted by Gasteiger charge is -2.08. The Kier molecular flexibility index (Phi) is 2.40. The average molecular weight is 233 g/mol. The third-order valence-corrected chi connectivity index (χ3v) is 3.74. The second-order valence-electron chi connectivity index (χ2n) is 3.76. The van der Waals surface area contributed by atoms with E-state index in [0.717, 1.165) is 30.3 Å². The van der Waals surface area contributed by atoms with E-state index in [9.17, 15) is 4.79 Å². The van der Waals surface area contributed by atoms with E-state index in [1.165, 1.54) is 0 Å². The van der Waals surface area contributed by atoms with Gasteiger partial charge < -0.3 is 0 Å². The summed E-state index contributed by atoms with van der Waals surface area (Å²) in [6.45, 7) is 0.765. The summed E-state index contributed by atoms with van der Waals surface area (Å²) >= 11 is 1.83. The zero-order chi connectivity index (χ0) is 11.0. The van der Waals surface area contributed by atoms with Crippen molar-refractivity contribution in [2.24, 2.45) is 0 Å². The van der Waals surface area contributed by atoms with Gasteiger partial charge in [-0.3, -0.25) is 9.36 Å². The Morgan fingerprint density at radius 3 is 3.31 bits per heavy atom. The molecule has 3 rings (SSSR count). The molecule has 0 aromatic carbocycles. The first kappa shape index (κ1) is 9.84. The lowest BCUT2D eigenvalue weighted by molar-refractivity contribution is 0.633. The zero-order valence-electron chi connectivity index (χ0n) is 8.72. The van der Waals surface area contributed by atoms with Gasteiger partial charge in [0.05, 0.1) is 11.3 Å². The first-order chi connectivity index (χ1) is 7.86. The summed E-state index contributed by atoms with van der Waals surface area (Å²) in [7, 11) is 0. The molecule has 5 heteroatoms. The Hall–Kier alpha value is -1.36. The molecule has 0 saturated heterocycles. The second kappa shape index (κ2) is 3.90. The van der Waals surface area contributed by atoms with Crippen LogP contribution >= 0.6 is 11.8 Å². The molecule has 16 heavy (non-hydrogen) atoms. The number of nitrogens with zero attached hydrogens (tertiary/aromatic N) is 3. The van der Waals surface area contributed by atoms with Crippen molar-refractivity contribution in [2.75, 3.05) is 5.75 Å². The summed E-state index contributed by atoms with van der Waals surface area (Å²) in [4.78, 5) is 20.8. The SMILES string of the molecule is O=c1c2ncccc2nc2n1CCCSC2. The molecule has 82 valence electrons. The van der Waals surface area contributed by atoms with Crippen molar-refractivity contribution in [3.05, 3.63) is 34.5 Å². The standard InChI is InChI=1S/C11H11N3OS/c15-11-10-8(3-1-4-12-10)13-9-7-16-6-2-5-14(9)11/h1,3-4H,2,5-7H2. The number of pyridine rings is 1. The molecule has 1 aliphatic rings. The minimum atomic E-state index is 0.00287. The highest BCUT2D eigenvalue weighted by Gasteiger charge is 2.13. The van der Waals surface area contributed by atoms with Crippen LogP contribution in [0, 0.1) is 0 Å². The second-order valence-corrected chi connectivity index (χ2v) is 4.87. The van der Waals surface area contributed by atoms with Crippen LogP contribution in [0.2, 0.25) is 0 Å². The Morgan fingerprint density at radius 1 is 1.44 bits per heavy atom. The van der Waals surface area contributed by atoms with E-state index in [-0.39, 0.29) is 5.56 Å². The van der Waals surface area contributed by atoms with Gasteiger partial charge in [0.2, 0.25) is 0 Å². The molecule has 0 radical (unpaired) electrons. The van der Waals surface area contributed by atoms with Gasteiger partial charge in [0.15, 0.2) is 5.52 Å². The van der Waals surface area contributed by atoms with Crippen molar-refractivity contribution in [3.8, 4) is 0 Å². The van der Waals surface area contributed by atoms with Gasteiger partial charge in [0, 0.05) is 12.7 Å². The number of thioether (sulfide) groups is 1. The Balaban J connectivity index is 2.34. The van der Waals surface area contributed by atoms with E-state index in [2.05, 4.69) is 9.97 Å². The van der Waals surface area contributed by atoms with Crippen LogP contribution in [0.25, 0.3) is 11.0 Å². The lowest BCUT2D eigenvalue weighted by atomic mass is 10.3. The van der Waals surface area contributed by atoms with Crippen LogP contribution in [0.1, 0.15) is 12.2 Å². The molecule has 1 aliphatic heterocycles. The molecule has 3 heterocycles. The fourth-order valence-electron chi connectivity index (χ4n) is 1.93. The highest BCUT2D eigenvalue weighted by molar-refractivity contribution is 7.98. The maximum Gasteiger partial charge on any atom is 0.280 e. The molecule has 0 spiro atoms. The fourth-order valence-corrected chi connectivity index (χ4v) is 2.81. The number of aromatic nitrogens is 3.